The summed E-state index contributed by atoms with van der Waals surface area (Å²) in [4.78, 5) is 22.6. The van der Waals surface area contributed by atoms with Crippen LogP contribution in [-0.4, -0.2) is 34.5 Å². The number of hydrogen-bond donors (Lipinski definition) is 2. The molecular formula is C13H25NO3S. The van der Waals surface area contributed by atoms with E-state index < -0.39 is 12.0 Å². The van der Waals surface area contributed by atoms with Crippen LogP contribution >= 0.6 is 11.8 Å². The van der Waals surface area contributed by atoms with Gasteiger partial charge in [-0.05, 0) is 30.4 Å². The average Bonchev–Trinajstić information content (AvgIpc) is 2.22. The molecule has 2 N–H and O–H groups in total. The van der Waals surface area contributed by atoms with Crippen molar-refractivity contribution < 1.29 is 14.7 Å². The summed E-state index contributed by atoms with van der Waals surface area (Å²) in [5.41, 5.74) is 0.0788. The fraction of sp³-hybridized carbons (Fsp3) is 0.846. The van der Waals surface area contributed by atoms with Crippen molar-refractivity contribution in [3.63, 3.8) is 0 Å². The van der Waals surface area contributed by atoms with Gasteiger partial charge in [-0.15, -0.1) is 0 Å². The minimum Gasteiger partial charge on any atom is -0.480 e. The van der Waals surface area contributed by atoms with Crippen molar-refractivity contribution in [3.05, 3.63) is 0 Å². The van der Waals surface area contributed by atoms with E-state index in [4.69, 9.17) is 5.11 Å². The fourth-order valence-corrected chi connectivity index (χ4v) is 2.08. The molecule has 0 aliphatic rings. The number of amides is 1. The Morgan fingerprint density at radius 3 is 2.39 bits per heavy atom. The Hall–Kier alpha value is -0.710. The molecule has 0 bridgehead atoms. The van der Waals surface area contributed by atoms with Crippen LogP contribution < -0.4 is 5.32 Å². The van der Waals surface area contributed by atoms with Crippen LogP contribution in [-0.2, 0) is 9.59 Å². The molecule has 18 heavy (non-hydrogen) atoms. The first-order valence-electron chi connectivity index (χ1n) is 6.36. The molecule has 0 spiro atoms. The third-order valence-corrected chi connectivity index (χ3v) is 3.56. The van der Waals surface area contributed by atoms with Gasteiger partial charge >= 0.3 is 5.97 Å². The van der Waals surface area contributed by atoms with Gasteiger partial charge < -0.3 is 10.4 Å². The van der Waals surface area contributed by atoms with Gasteiger partial charge in [0.25, 0.3) is 0 Å². The van der Waals surface area contributed by atoms with E-state index in [2.05, 4.69) is 26.1 Å². The largest absolute Gasteiger partial charge is 0.480 e. The van der Waals surface area contributed by atoms with Crippen LogP contribution in [0.4, 0.5) is 0 Å². The van der Waals surface area contributed by atoms with Gasteiger partial charge in [-0.25, -0.2) is 4.79 Å². The summed E-state index contributed by atoms with van der Waals surface area (Å²) in [5.74, 6) is 0.128. The van der Waals surface area contributed by atoms with E-state index in [1.54, 1.807) is 0 Å². The molecule has 1 amide bonds. The van der Waals surface area contributed by atoms with Crippen molar-refractivity contribution in [3.8, 4) is 0 Å². The zero-order valence-corrected chi connectivity index (χ0v) is 12.6. The molecule has 0 fully saturated rings. The molecule has 0 aliphatic heterocycles. The maximum atomic E-state index is 11.6. The van der Waals surface area contributed by atoms with Crippen LogP contribution in [0, 0.1) is 5.41 Å². The minimum absolute atomic E-state index is 0.0788. The van der Waals surface area contributed by atoms with E-state index in [1.807, 2.05) is 6.92 Å². The molecule has 0 aliphatic carbocycles. The SMILES string of the molecule is CCCSCC(=O)NC(CCC(C)(C)C)C(=O)O. The topological polar surface area (TPSA) is 66.4 Å². The van der Waals surface area contributed by atoms with Crippen LogP contribution in [0.5, 0.6) is 0 Å². The van der Waals surface area contributed by atoms with Gasteiger partial charge in [-0.3, -0.25) is 4.79 Å². The lowest BCUT2D eigenvalue weighted by atomic mass is 9.88. The Morgan fingerprint density at radius 2 is 1.94 bits per heavy atom. The molecule has 0 aromatic rings. The molecule has 0 aromatic carbocycles. The number of carbonyl (C=O) groups excluding carboxylic acids is 1. The highest BCUT2D eigenvalue weighted by Gasteiger charge is 2.22. The van der Waals surface area contributed by atoms with Crippen molar-refractivity contribution in [2.45, 2.75) is 53.0 Å². The second-order valence-corrected chi connectivity index (χ2v) is 6.72. The van der Waals surface area contributed by atoms with Crippen molar-refractivity contribution in [1.82, 2.24) is 5.32 Å². The molecule has 1 atom stereocenters. The van der Waals surface area contributed by atoms with Gasteiger partial charge in [0.05, 0.1) is 5.75 Å². The number of thioether (sulfide) groups is 1. The average molecular weight is 275 g/mol. The quantitative estimate of drug-likeness (QED) is 0.668. The third kappa shape index (κ3) is 9.33. The Balaban J connectivity index is 4.11. The van der Waals surface area contributed by atoms with E-state index in [-0.39, 0.29) is 11.3 Å². The summed E-state index contributed by atoms with van der Waals surface area (Å²) >= 11 is 1.53. The second kappa shape index (κ2) is 8.40. The summed E-state index contributed by atoms with van der Waals surface area (Å²) in [5, 5.41) is 11.7. The number of carboxylic acids is 1. The highest BCUT2D eigenvalue weighted by atomic mass is 32.2. The summed E-state index contributed by atoms with van der Waals surface area (Å²) in [6.07, 6.45) is 2.26. The van der Waals surface area contributed by atoms with E-state index in [0.29, 0.717) is 12.2 Å². The van der Waals surface area contributed by atoms with Crippen LogP contribution in [0.1, 0.15) is 47.0 Å². The summed E-state index contributed by atoms with van der Waals surface area (Å²) < 4.78 is 0. The minimum atomic E-state index is -0.951. The van der Waals surface area contributed by atoms with Crippen molar-refractivity contribution in [2.75, 3.05) is 11.5 Å². The molecule has 5 heteroatoms. The second-order valence-electron chi connectivity index (χ2n) is 5.61. The van der Waals surface area contributed by atoms with Crippen molar-refractivity contribution >= 4 is 23.6 Å². The molecule has 0 heterocycles. The lowest BCUT2D eigenvalue weighted by Crippen LogP contribution is -2.42. The smallest absolute Gasteiger partial charge is 0.326 e. The lowest BCUT2D eigenvalue weighted by Gasteiger charge is -2.21. The van der Waals surface area contributed by atoms with Crippen molar-refractivity contribution in [1.29, 1.82) is 0 Å². The molecule has 0 aromatic heterocycles. The first-order valence-corrected chi connectivity index (χ1v) is 7.51. The van der Waals surface area contributed by atoms with Crippen LogP contribution in [0.15, 0.2) is 0 Å². The monoisotopic (exact) mass is 275 g/mol. The van der Waals surface area contributed by atoms with Gasteiger partial charge in [-0.2, -0.15) is 11.8 Å². The van der Waals surface area contributed by atoms with E-state index in [1.165, 1.54) is 11.8 Å². The van der Waals surface area contributed by atoms with E-state index in [9.17, 15) is 9.59 Å². The van der Waals surface area contributed by atoms with Crippen LogP contribution in [0.2, 0.25) is 0 Å². The first kappa shape index (κ1) is 17.3. The highest BCUT2D eigenvalue weighted by Crippen LogP contribution is 2.21. The lowest BCUT2D eigenvalue weighted by molar-refractivity contribution is -0.141. The predicted octanol–water partition coefficient (Wildman–Crippen LogP) is 2.53. The Labute approximate surface area is 114 Å². The molecule has 0 saturated heterocycles. The molecule has 0 saturated carbocycles. The number of nitrogens with one attached hydrogen (secondary N) is 1. The number of carbonyl (C=O) groups is 2. The van der Waals surface area contributed by atoms with Gasteiger partial charge in [0.2, 0.25) is 5.91 Å². The standard InChI is InChI=1S/C13H25NO3S/c1-5-8-18-9-11(15)14-10(12(16)17)6-7-13(2,3)4/h10H,5-9H2,1-4H3,(H,14,15)(H,16,17). The predicted molar refractivity (Wildman–Crippen MR) is 75.9 cm³/mol. The first-order chi connectivity index (χ1) is 8.26. The van der Waals surface area contributed by atoms with E-state index >= 15 is 0 Å². The Bertz CT molecular complexity index is 274. The van der Waals surface area contributed by atoms with Crippen LogP contribution in [0.25, 0.3) is 0 Å². The fourth-order valence-electron chi connectivity index (χ4n) is 1.38. The van der Waals surface area contributed by atoms with Gasteiger partial charge in [0.15, 0.2) is 0 Å². The van der Waals surface area contributed by atoms with E-state index in [0.717, 1.165) is 18.6 Å². The highest BCUT2D eigenvalue weighted by molar-refractivity contribution is 7.99. The summed E-state index contributed by atoms with van der Waals surface area (Å²) in [6.45, 7) is 8.23. The van der Waals surface area contributed by atoms with Gasteiger partial charge in [0.1, 0.15) is 6.04 Å². The summed E-state index contributed by atoms with van der Waals surface area (Å²) in [7, 11) is 0. The van der Waals surface area contributed by atoms with Gasteiger partial charge in [-0.1, -0.05) is 27.7 Å². The zero-order chi connectivity index (χ0) is 14.2. The van der Waals surface area contributed by atoms with Crippen molar-refractivity contribution in [2.24, 2.45) is 5.41 Å². The zero-order valence-electron chi connectivity index (χ0n) is 11.8. The summed E-state index contributed by atoms with van der Waals surface area (Å²) in [6, 6.07) is -0.765. The number of carboxylic acid groups (broad SMARTS) is 1. The molecule has 4 nitrogen and oxygen atoms in total. The maximum Gasteiger partial charge on any atom is 0.326 e. The number of hydrogen-bond acceptors (Lipinski definition) is 3. The molecule has 0 rings (SSSR count). The molecule has 106 valence electrons. The van der Waals surface area contributed by atoms with Gasteiger partial charge in [0, 0.05) is 0 Å². The molecular weight excluding hydrogens is 250 g/mol. The molecule has 1 unspecified atom stereocenters. The molecule has 0 radical (unpaired) electrons. The Morgan fingerprint density at radius 1 is 1.33 bits per heavy atom. The Kier molecular flexibility index (Phi) is 8.07. The normalized spacial score (nSPS) is 13.1. The maximum absolute atomic E-state index is 11.6. The number of rotatable bonds is 8. The number of aliphatic carboxylic acids is 1. The van der Waals surface area contributed by atoms with Crippen LogP contribution in [0.3, 0.4) is 0 Å². The third-order valence-electron chi connectivity index (χ3n) is 2.40.